The first-order valence-electron chi connectivity index (χ1n) is 9.59. The molecule has 1 N–H and O–H groups in total. The quantitative estimate of drug-likeness (QED) is 0.594. The summed E-state index contributed by atoms with van der Waals surface area (Å²) in [5.41, 5.74) is 1.39. The molecule has 1 aliphatic carbocycles. The number of carbonyl (C=O) groups is 1. The van der Waals surface area contributed by atoms with Gasteiger partial charge in [0.2, 0.25) is 11.1 Å². The molecular weight excluding hydrogens is 426 g/mol. The van der Waals surface area contributed by atoms with Crippen LogP contribution in [0.4, 0.5) is 5.69 Å². The lowest BCUT2D eigenvalue weighted by Gasteiger charge is -2.21. The predicted octanol–water partition coefficient (Wildman–Crippen LogP) is 4.09. The Morgan fingerprint density at radius 3 is 2.83 bits per heavy atom. The van der Waals surface area contributed by atoms with Crippen LogP contribution in [-0.2, 0) is 4.79 Å². The van der Waals surface area contributed by atoms with Crippen LogP contribution in [-0.4, -0.2) is 37.7 Å². The number of fused-ring (bicyclic) bond motifs is 1. The first-order chi connectivity index (χ1) is 14.6. The molecule has 2 heterocycles. The number of aromatic nitrogens is 4. The number of carbonyl (C=O) groups excluding carboxylic acids is 1. The highest BCUT2D eigenvalue weighted by Gasteiger charge is 2.44. The number of ether oxygens (including phenoxy) is 2. The summed E-state index contributed by atoms with van der Waals surface area (Å²) >= 11 is 7.28. The zero-order valence-corrected chi connectivity index (χ0v) is 17.4. The maximum atomic E-state index is 12.5. The highest BCUT2D eigenvalue weighted by Crippen LogP contribution is 2.47. The van der Waals surface area contributed by atoms with Crippen LogP contribution >= 0.6 is 23.4 Å². The van der Waals surface area contributed by atoms with Gasteiger partial charge in [-0.3, -0.25) is 4.79 Å². The Morgan fingerprint density at radius 1 is 1.17 bits per heavy atom. The minimum atomic E-state index is -0.516. The fourth-order valence-electron chi connectivity index (χ4n) is 3.66. The van der Waals surface area contributed by atoms with Crippen LogP contribution in [0.1, 0.15) is 25.7 Å². The molecule has 2 aliphatic rings. The largest absolute Gasteiger partial charge is 0.448 e. The van der Waals surface area contributed by atoms with E-state index in [0.717, 1.165) is 37.1 Å². The molecule has 3 aromatic rings. The van der Waals surface area contributed by atoms with Gasteiger partial charge >= 0.3 is 0 Å². The van der Waals surface area contributed by atoms with Gasteiger partial charge in [-0.25, -0.2) is 0 Å². The molecule has 0 saturated heterocycles. The Morgan fingerprint density at radius 2 is 2.00 bits per heavy atom. The number of tetrazole rings is 1. The third-order valence-electron chi connectivity index (χ3n) is 5.01. The number of nitrogens with zero attached hydrogens (tertiary/aromatic N) is 4. The summed E-state index contributed by atoms with van der Waals surface area (Å²) in [6.45, 7) is 0. The number of halogens is 1. The lowest BCUT2D eigenvalue weighted by molar-refractivity contribution is -0.113. The second-order valence-electron chi connectivity index (χ2n) is 7.17. The van der Waals surface area contributed by atoms with Crippen molar-refractivity contribution < 1.29 is 14.3 Å². The van der Waals surface area contributed by atoms with Gasteiger partial charge in [0.15, 0.2) is 11.5 Å². The number of rotatable bonds is 5. The molecule has 2 aromatic carbocycles. The maximum absolute atomic E-state index is 12.5. The van der Waals surface area contributed by atoms with E-state index in [0.29, 0.717) is 21.6 Å². The van der Waals surface area contributed by atoms with E-state index in [9.17, 15) is 4.79 Å². The molecule has 1 fully saturated rings. The molecule has 10 heteroatoms. The molecule has 154 valence electrons. The van der Waals surface area contributed by atoms with Gasteiger partial charge in [-0.05, 0) is 53.6 Å². The van der Waals surface area contributed by atoms with E-state index < -0.39 is 5.79 Å². The minimum absolute atomic E-state index is 0.152. The Balaban J connectivity index is 1.22. The molecule has 0 bridgehead atoms. The first kappa shape index (κ1) is 19.2. The van der Waals surface area contributed by atoms with Gasteiger partial charge in [-0.2, -0.15) is 4.68 Å². The van der Waals surface area contributed by atoms with Crippen LogP contribution in [0.2, 0.25) is 5.02 Å². The zero-order valence-electron chi connectivity index (χ0n) is 15.9. The van der Waals surface area contributed by atoms with Crippen molar-refractivity contribution in [1.82, 2.24) is 20.2 Å². The molecule has 30 heavy (non-hydrogen) atoms. The topological polar surface area (TPSA) is 91.2 Å². The summed E-state index contributed by atoms with van der Waals surface area (Å²) in [5.74, 6) is 0.865. The van der Waals surface area contributed by atoms with E-state index >= 15 is 0 Å². The Bertz CT molecular complexity index is 1100. The van der Waals surface area contributed by atoms with Crippen molar-refractivity contribution in [2.24, 2.45) is 0 Å². The van der Waals surface area contributed by atoms with Gasteiger partial charge in [0.05, 0.1) is 11.4 Å². The highest BCUT2D eigenvalue weighted by molar-refractivity contribution is 7.99. The van der Waals surface area contributed by atoms with Gasteiger partial charge in [0, 0.05) is 29.6 Å². The Labute approximate surface area is 181 Å². The zero-order chi connectivity index (χ0) is 20.6. The van der Waals surface area contributed by atoms with Crippen LogP contribution in [0.15, 0.2) is 47.6 Å². The summed E-state index contributed by atoms with van der Waals surface area (Å²) in [5, 5.41) is 15.6. The van der Waals surface area contributed by atoms with E-state index in [4.69, 9.17) is 21.1 Å². The monoisotopic (exact) mass is 443 g/mol. The van der Waals surface area contributed by atoms with Gasteiger partial charge in [0.25, 0.3) is 5.79 Å². The highest BCUT2D eigenvalue weighted by atomic mass is 35.5. The number of nitrogens with one attached hydrogen (secondary N) is 1. The van der Waals surface area contributed by atoms with Gasteiger partial charge in [-0.15, -0.1) is 5.10 Å². The summed E-state index contributed by atoms with van der Waals surface area (Å²) in [6.07, 6.45) is 3.98. The van der Waals surface area contributed by atoms with Crippen LogP contribution in [0.25, 0.3) is 5.69 Å². The van der Waals surface area contributed by atoms with Crippen molar-refractivity contribution in [2.75, 3.05) is 11.1 Å². The van der Waals surface area contributed by atoms with E-state index in [1.165, 1.54) is 11.8 Å². The standard InChI is InChI=1S/C20H18ClN5O3S/c21-13-4-3-5-15(10-13)26-19(23-24-25-26)30-12-18(27)22-14-6-7-16-17(11-14)29-20(28-16)8-1-2-9-20/h3-7,10-11H,1-2,8-9,12H2,(H,22,27). The normalized spacial score (nSPS) is 16.2. The van der Waals surface area contributed by atoms with Crippen LogP contribution in [0, 0.1) is 0 Å². The van der Waals surface area contributed by atoms with Gasteiger partial charge in [0.1, 0.15) is 0 Å². The molecule has 1 aromatic heterocycles. The second kappa shape index (κ2) is 7.81. The summed E-state index contributed by atoms with van der Waals surface area (Å²) in [6, 6.07) is 12.6. The van der Waals surface area contributed by atoms with Crippen LogP contribution in [0.3, 0.4) is 0 Å². The summed E-state index contributed by atoms with van der Waals surface area (Å²) in [4.78, 5) is 12.5. The van der Waals surface area contributed by atoms with Crippen LogP contribution in [0.5, 0.6) is 11.5 Å². The molecule has 0 unspecified atom stereocenters. The molecule has 0 radical (unpaired) electrons. The molecule has 1 amide bonds. The van der Waals surface area contributed by atoms with E-state index in [2.05, 4.69) is 20.8 Å². The van der Waals surface area contributed by atoms with Crippen molar-refractivity contribution in [1.29, 1.82) is 0 Å². The van der Waals surface area contributed by atoms with Crippen molar-refractivity contribution in [3.8, 4) is 17.2 Å². The van der Waals surface area contributed by atoms with Gasteiger partial charge in [-0.1, -0.05) is 29.4 Å². The molecule has 1 saturated carbocycles. The molecule has 1 aliphatic heterocycles. The molecule has 8 nitrogen and oxygen atoms in total. The van der Waals surface area contributed by atoms with Crippen LogP contribution < -0.4 is 14.8 Å². The smallest absolute Gasteiger partial charge is 0.251 e. The average Bonchev–Trinajstić information content (AvgIpc) is 3.46. The molecule has 1 spiro atoms. The molecular formula is C20H18ClN5O3S. The average molecular weight is 444 g/mol. The second-order valence-corrected chi connectivity index (χ2v) is 8.55. The fourth-order valence-corrected chi connectivity index (χ4v) is 4.53. The van der Waals surface area contributed by atoms with Crippen molar-refractivity contribution in [3.63, 3.8) is 0 Å². The number of hydrogen-bond donors (Lipinski definition) is 1. The summed E-state index contributed by atoms with van der Waals surface area (Å²) < 4.78 is 13.6. The number of thioether (sulfide) groups is 1. The number of hydrogen-bond acceptors (Lipinski definition) is 7. The van der Waals surface area contributed by atoms with Gasteiger partial charge < -0.3 is 14.8 Å². The third kappa shape index (κ3) is 3.82. The van der Waals surface area contributed by atoms with Crippen molar-refractivity contribution in [3.05, 3.63) is 47.5 Å². The number of benzene rings is 2. The maximum Gasteiger partial charge on any atom is 0.251 e. The Hall–Kier alpha value is -2.78. The Kier molecular flexibility index (Phi) is 5.00. The van der Waals surface area contributed by atoms with E-state index in [1.807, 2.05) is 24.3 Å². The van der Waals surface area contributed by atoms with E-state index in [1.54, 1.807) is 22.9 Å². The minimum Gasteiger partial charge on any atom is -0.448 e. The van der Waals surface area contributed by atoms with Crippen molar-refractivity contribution in [2.45, 2.75) is 36.6 Å². The van der Waals surface area contributed by atoms with Crippen molar-refractivity contribution >= 4 is 35.0 Å². The van der Waals surface area contributed by atoms with E-state index in [-0.39, 0.29) is 11.7 Å². The summed E-state index contributed by atoms with van der Waals surface area (Å²) in [7, 11) is 0. The SMILES string of the molecule is O=C(CSc1nnnn1-c1cccc(Cl)c1)Nc1ccc2c(c1)OC1(CCCC1)O2. The lowest BCUT2D eigenvalue weighted by atomic mass is 10.2. The predicted molar refractivity (Wildman–Crippen MR) is 112 cm³/mol. The first-order valence-corrected chi connectivity index (χ1v) is 11.0. The third-order valence-corrected chi connectivity index (χ3v) is 6.17. The molecule has 0 atom stereocenters. The molecule has 5 rings (SSSR count). The lowest BCUT2D eigenvalue weighted by Crippen LogP contribution is -2.34. The number of amides is 1. The fraction of sp³-hybridized carbons (Fsp3) is 0.300. The number of anilines is 1.